The number of anilines is 2. The van der Waals surface area contributed by atoms with Crippen molar-refractivity contribution in [2.24, 2.45) is 0 Å². The molecule has 4 aromatic carbocycles. The van der Waals surface area contributed by atoms with E-state index in [1.54, 1.807) is 0 Å². The third-order valence-corrected chi connectivity index (χ3v) is 4.87. The van der Waals surface area contributed by atoms with Gasteiger partial charge >= 0.3 is 0 Å². The van der Waals surface area contributed by atoms with E-state index in [4.69, 9.17) is 4.42 Å². The zero-order chi connectivity index (χ0) is 17.7. The summed E-state index contributed by atoms with van der Waals surface area (Å²) in [4.78, 5) is 0. The quantitative estimate of drug-likeness (QED) is 0.371. The predicted octanol–water partition coefficient (Wildman–Crippen LogP) is 7.10. The monoisotopic (exact) mass is 337 g/mol. The molecule has 0 fully saturated rings. The van der Waals surface area contributed by atoms with Gasteiger partial charge in [-0.2, -0.15) is 0 Å². The van der Waals surface area contributed by atoms with Crippen LogP contribution in [-0.4, -0.2) is 0 Å². The van der Waals surface area contributed by atoms with Gasteiger partial charge in [0.05, 0.1) is 5.69 Å². The first-order valence-electron chi connectivity index (χ1n) is 8.87. The van der Waals surface area contributed by atoms with Gasteiger partial charge in [0.15, 0.2) is 5.58 Å². The van der Waals surface area contributed by atoms with Crippen molar-refractivity contribution in [2.75, 3.05) is 5.32 Å². The van der Waals surface area contributed by atoms with Gasteiger partial charge < -0.3 is 9.73 Å². The molecule has 0 atom stereocenters. The smallest absolute Gasteiger partial charge is 0.159 e. The Balaban J connectivity index is 1.83. The van der Waals surface area contributed by atoms with E-state index >= 15 is 0 Å². The molecule has 0 aliphatic heterocycles. The Morgan fingerprint density at radius 2 is 1.42 bits per heavy atom. The molecule has 26 heavy (non-hydrogen) atoms. The zero-order valence-electron chi connectivity index (χ0n) is 14.8. The van der Waals surface area contributed by atoms with Crippen LogP contribution < -0.4 is 5.32 Å². The summed E-state index contributed by atoms with van der Waals surface area (Å²) in [5.41, 5.74) is 6.40. The Labute approximate surface area is 152 Å². The summed E-state index contributed by atoms with van der Waals surface area (Å²) in [5, 5.41) is 8.34. The SMILES string of the molecule is Cc1cc(C)cc(Nc2cc3ccccc3c3c2oc2ccccc23)c1. The lowest BCUT2D eigenvalue weighted by Crippen LogP contribution is -1.93. The molecule has 5 aromatic rings. The third-order valence-electron chi connectivity index (χ3n) is 4.87. The van der Waals surface area contributed by atoms with Gasteiger partial charge in [0, 0.05) is 16.5 Å². The minimum Gasteiger partial charge on any atom is -0.454 e. The van der Waals surface area contributed by atoms with E-state index in [0.717, 1.165) is 27.9 Å². The van der Waals surface area contributed by atoms with Crippen molar-refractivity contribution in [3.05, 3.63) is 83.9 Å². The molecule has 0 spiro atoms. The number of aryl methyl sites for hydroxylation is 2. The summed E-state index contributed by atoms with van der Waals surface area (Å²) in [6.07, 6.45) is 0. The van der Waals surface area contributed by atoms with Crippen LogP contribution in [0.3, 0.4) is 0 Å². The van der Waals surface area contributed by atoms with Gasteiger partial charge in [-0.25, -0.2) is 0 Å². The number of rotatable bonds is 2. The normalized spacial score (nSPS) is 11.5. The Morgan fingerprint density at radius 1 is 0.731 bits per heavy atom. The van der Waals surface area contributed by atoms with Gasteiger partial charge in [0.1, 0.15) is 5.58 Å². The second-order valence-electron chi connectivity index (χ2n) is 6.95. The van der Waals surface area contributed by atoms with E-state index in [9.17, 15) is 0 Å². The van der Waals surface area contributed by atoms with Crippen LogP contribution >= 0.6 is 0 Å². The fraction of sp³-hybridized carbons (Fsp3) is 0.0833. The molecule has 126 valence electrons. The number of benzene rings is 4. The summed E-state index contributed by atoms with van der Waals surface area (Å²) in [5.74, 6) is 0. The summed E-state index contributed by atoms with van der Waals surface area (Å²) < 4.78 is 6.26. The number of para-hydroxylation sites is 1. The second-order valence-corrected chi connectivity index (χ2v) is 6.95. The Kier molecular flexibility index (Phi) is 3.26. The van der Waals surface area contributed by atoms with E-state index < -0.39 is 0 Å². The molecule has 5 rings (SSSR count). The van der Waals surface area contributed by atoms with Gasteiger partial charge in [-0.1, -0.05) is 48.5 Å². The molecule has 2 heteroatoms. The number of furan rings is 1. The maximum atomic E-state index is 6.26. The zero-order valence-corrected chi connectivity index (χ0v) is 14.8. The first-order valence-corrected chi connectivity index (χ1v) is 8.87. The van der Waals surface area contributed by atoms with Gasteiger partial charge in [0.2, 0.25) is 0 Å². The molecule has 0 unspecified atom stereocenters. The molecule has 0 saturated carbocycles. The highest BCUT2D eigenvalue weighted by Crippen LogP contribution is 2.40. The minimum absolute atomic E-state index is 0.907. The van der Waals surface area contributed by atoms with Crippen molar-refractivity contribution in [1.82, 2.24) is 0 Å². The van der Waals surface area contributed by atoms with Crippen LogP contribution in [0.25, 0.3) is 32.7 Å². The van der Waals surface area contributed by atoms with Gasteiger partial charge in [0.25, 0.3) is 0 Å². The van der Waals surface area contributed by atoms with Crippen LogP contribution in [0.4, 0.5) is 11.4 Å². The average molecular weight is 337 g/mol. The largest absolute Gasteiger partial charge is 0.454 e. The minimum atomic E-state index is 0.907. The molecule has 1 heterocycles. The van der Waals surface area contributed by atoms with Crippen LogP contribution in [-0.2, 0) is 0 Å². The van der Waals surface area contributed by atoms with E-state index in [1.165, 1.54) is 27.3 Å². The van der Waals surface area contributed by atoms with Crippen LogP contribution in [0.2, 0.25) is 0 Å². The maximum absolute atomic E-state index is 6.26. The molecule has 0 bridgehead atoms. The molecule has 0 radical (unpaired) electrons. The lowest BCUT2D eigenvalue weighted by Gasteiger charge is -2.11. The summed E-state index contributed by atoms with van der Waals surface area (Å²) >= 11 is 0. The first kappa shape index (κ1) is 15.0. The number of hydrogen-bond acceptors (Lipinski definition) is 2. The molecular weight excluding hydrogens is 318 g/mol. The molecule has 1 N–H and O–H groups in total. The lowest BCUT2D eigenvalue weighted by molar-refractivity contribution is 0.670. The van der Waals surface area contributed by atoms with Gasteiger partial charge in [-0.15, -0.1) is 0 Å². The van der Waals surface area contributed by atoms with Crippen LogP contribution in [0, 0.1) is 13.8 Å². The molecular formula is C24H19NO. The van der Waals surface area contributed by atoms with Gasteiger partial charge in [-0.3, -0.25) is 0 Å². The van der Waals surface area contributed by atoms with Crippen molar-refractivity contribution in [1.29, 1.82) is 0 Å². The Hall–Kier alpha value is -3.26. The third kappa shape index (κ3) is 2.34. The van der Waals surface area contributed by atoms with E-state index in [2.05, 4.69) is 79.8 Å². The van der Waals surface area contributed by atoms with Gasteiger partial charge in [-0.05, 0) is 60.0 Å². The van der Waals surface area contributed by atoms with Crippen molar-refractivity contribution >= 4 is 44.1 Å². The lowest BCUT2D eigenvalue weighted by atomic mass is 10.0. The summed E-state index contributed by atoms with van der Waals surface area (Å²) in [6, 6.07) is 25.4. The highest BCUT2D eigenvalue weighted by atomic mass is 16.3. The van der Waals surface area contributed by atoms with Crippen molar-refractivity contribution in [3.8, 4) is 0 Å². The fourth-order valence-electron chi connectivity index (χ4n) is 3.87. The molecule has 0 aliphatic rings. The Morgan fingerprint density at radius 3 is 2.23 bits per heavy atom. The van der Waals surface area contributed by atoms with Crippen LogP contribution in [0.1, 0.15) is 11.1 Å². The predicted molar refractivity (Wildman–Crippen MR) is 110 cm³/mol. The topological polar surface area (TPSA) is 25.2 Å². The summed E-state index contributed by atoms with van der Waals surface area (Å²) in [6.45, 7) is 4.24. The summed E-state index contributed by atoms with van der Waals surface area (Å²) in [7, 11) is 0. The number of fused-ring (bicyclic) bond motifs is 5. The molecule has 1 aromatic heterocycles. The van der Waals surface area contributed by atoms with Crippen molar-refractivity contribution in [2.45, 2.75) is 13.8 Å². The second kappa shape index (κ2) is 5.63. The molecule has 2 nitrogen and oxygen atoms in total. The number of nitrogens with one attached hydrogen (secondary N) is 1. The van der Waals surface area contributed by atoms with Crippen LogP contribution in [0.15, 0.2) is 77.2 Å². The molecule has 0 aliphatic carbocycles. The van der Waals surface area contributed by atoms with E-state index in [-0.39, 0.29) is 0 Å². The standard InChI is InChI=1S/C24H19NO/c1-15-11-16(2)13-18(12-15)25-21-14-17-7-3-4-8-19(17)23-20-9-5-6-10-22(20)26-24(21)23/h3-14,25H,1-2H3. The maximum Gasteiger partial charge on any atom is 0.159 e. The van der Waals surface area contributed by atoms with Crippen molar-refractivity contribution < 1.29 is 4.42 Å². The van der Waals surface area contributed by atoms with Crippen molar-refractivity contribution in [3.63, 3.8) is 0 Å². The average Bonchev–Trinajstić information content (AvgIpc) is 3.01. The van der Waals surface area contributed by atoms with E-state index in [1.807, 2.05) is 12.1 Å². The highest BCUT2D eigenvalue weighted by Gasteiger charge is 2.15. The van der Waals surface area contributed by atoms with E-state index in [0.29, 0.717) is 0 Å². The Bertz CT molecular complexity index is 1260. The molecule has 0 amide bonds. The highest BCUT2D eigenvalue weighted by molar-refractivity contribution is 6.22. The fourth-order valence-corrected chi connectivity index (χ4v) is 3.87. The first-order chi connectivity index (χ1) is 12.7. The molecule has 0 saturated heterocycles. The number of hydrogen-bond donors (Lipinski definition) is 1. The van der Waals surface area contributed by atoms with Crippen LogP contribution in [0.5, 0.6) is 0 Å².